The third kappa shape index (κ3) is 4.11. The number of ketones is 1. The van der Waals surface area contributed by atoms with Gasteiger partial charge in [0.15, 0.2) is 0 Å². The van der Waals surface area contributed by atoms with Crippen LogP contribution in [0.1, 0.15) is 28.3 Å². The fraction of sp³-hybridized carbons (Fsp3) is 0.120. The fourth-order valence-corrected chi connectivity index (χ4v) is 3.76. The van der Waals surface area contributed by atoms with Gasteiger partial charge in [-0.1, -0.05) is 48.0 Å². The van der Waals surface area contributed by atoms with Gasteiger partial charge in [0, 0.05) is 11.3 Å². The van der Waals surface area contributed by atoms with Gasteiger partial charge < -0.3 is 5.11 Å². The largest absolute Gasteiger partial charge is 0.507 e. The first-order chi connectivity index (χ1) is 15.6. The zero-order valence-corrected chi connectivity index (χ0v) is 17.2. The second-order valence-electron chi connectivity index (χ2n) is 7.63. The smallest absolute Gasteiger partial charge is 0.416 e. The number of alkyl halides is 3. The Morgan fingerprint density at radius 1 is 0.939 bits per heavy atom. The summed E-state index contributed by atoms with van der Waals surface area (Å²) < 4.78 is 53.4. The van der Waals surface area contributed by atoms with Crippen molar-refractivity contribution in [3.63, 3.8) is 0 Å². The Morgan fingerprint density at radius 3 is 2.18 bits per heavy atom. The molecule has 1 heterocycles. The van der Waals surface area contributed by atoms with Crippen LogP contribution >= 0.6 is 0 Å². The van der Waals surface area contributed by atoms with Crippen LogP contribution in [-0.2, 0) is 15.8 Å². The number of aliphatic hydroxyl groups is 1. The molecule has 1 aliphatic rings. The van der Waals surface area contributed by atoms with E-state index in [1.807, 2.05) is 6.92 Å². The summed E-state index contributed by atoms with van der Waals surface area (Å²) in [5, 5.41) is 11.0. The summed E-state index contributed by atoms with van der Waals surface area (Å²) in [5.41, 5.74) is -0.0714. The lowest BCUT2D eigenvalue weighted by Gasteiger charge is -2.26. The molecule has 168 valence electrons. The monoisotopic (exact) mass is 455 g/mol. The van der Waals surface area contributed by atoms with Crippen molar-refractivity contribution >= 4 is 23.1 Å². The van der Waals surface area contributed by atoms with Gasteiger partial charge >= 0.3 is 6.18 Å². The summed E-state index contributed by atoms with van der Waals surface area (Å²) in [5.74, 6) is -3.21. The molecule has 0 saturated carbocycles. The van der Waals surface area contributed by atoms with Crippen LogP contribution in [-0.4, -0.2) is 16.8 Å². The number of aliphatic hydroxyl groups excluding tert-OH is 1. The average Bonchev–Trinajstić information content (AvgIpc) is 3.04. The molecule has 1 saturated heterocycles. The topological polar surface area (TPSA) is 57.6 Å². The predicted octanol–water partition coefficient (Wildman–Crippen LogP) is 5.78. The number of rotatable bonds is 3. The number of Topliss-reactive ketones (excluding diaryl/α,β-unsaturated/α-hetero) is 1. The van der Waals surface area contributed by atoms with E-state index in [2.05, 4.69) is 0 Å². The Bertz CT molecular complexity index is 1260. The summed E-state index contributed by atoms with van der Waals surface area (Å²) in [6.07, 6.45) is -4.67. The Balaban J connectivity index is 1.94. The summed E-state index contributed by atoms with van der Waals surface area (Å²) in [4.78, 5) is 26.9. The molecule has 1 amide bonds. The number of hydrogen-bond acceptors (Lipinski definition) is 3. The van der Waals surface area contributed by atoms with E-state index in [9.17, 15) is 32.3 Å². The maximum atomic E-state index is 13.6. The summed E-state index contributed by atoms with van der Waals surface area (Å²) in [7, 11) is 0. The van der Waals surface area contributed by atoms with Gasteiger partial charge in [0.05, 0.1) is 17.2 Å². The van der Waals surface area contributed by atoms with E-state index in [-0.39, 0.29) is 22.4 Å². The highest BCUT2D eigenvalue weighted by atomic mass is 19.4. The Morgan fingerprint density at radius 2 is 1.58 bits per heavy atom. The number of benzene rings is 3. The molecular formula is C25H17F4NO3. The van der Waals surface area contributed by atoms with Crippen molar-refractivity contribution in [2.75, 3.05) is 4.90 Å². The van der Waals surface area contributed by atoms with Crippen molar-refractivity contribution in [3.05, 3.63) is 106 Å². The van der Waals surface area contributed by atoms with Crippen molar-refractivity contribution in [3.8, 4) is 0 Å². The molecule has 1 unspecified atom stereocenters. The fourth-order valence-electron chi connectivity index (χ4n) is 3.76. The molecule has 1 atom stereocenters. The minimum atomic E-state index is -4.67. The van der Waals surface area contributed by atoms with Crippen molar-refractivity contribution in [1.82, 2.24) is 0 Å². The van der Waals surface area contributed by atoms with E-state index in [0.29, 0.717) is 0 Å². The first kappa shape index (κ1) is 22.3. The van der Waals surface area contributed by atoms with Crippen LogP contribution in [0.25, 0.3) is 5.76 Å². The average molecular weight is 455 g/mol. The van der Waals surface area contributed by atoms with Crippen molar-refractivity contribution in [1.29, 1.82) is 0 Å². The van der Waals surface area contributed by atoms with E-state index in [1.165, 1.54) is 18.2 Å². The van der Waals surface area contributed by atoms with Gasteiger partial charge in [0.2, 0.25) is 0 Å². The second-order valence-corrected chi connectivity index (χ2v) is 7.63. The Kier molecular flexibility index (Phi) is 5.53. The zero-order valence-electron chi connectivity index (χ0n) is 17.2. The van der Waals surface area contributed by atoms with E-state index in [4.69, 9.17) is 0 Å². The van der Waals surface area contributed by atoms with Crippen LogP contribution in [0.2, 0.25) is 0 Å². The molecule has 0 bridgehead atoms. The molecule has 0 aromatic heterocycles. The molecule has 1 N–H and O–H groups in total. The van der Waals surface area contributed by atoms with Crippen LogP contribution < -0.4 is 4.90 Å². The highest BCUT2D eigenvalue weighted by Gasteiger charge is 2.47. The molecule has 1 fully saturated rings. The van der Waals surface area contributed by atoms with E-state index in [0.717, 1.165) is 40.8 Å². The number of carbonyl (C=O) groups is 2. The van der Waals surface area contributed by atoms with Crippen LogP contribution in [0, 0.1) is 12.7 Å². The van der Waals surface area contributed by atoms with Gasteiger partial charge in [-0.2, -0.15) is 13.2 Å². The molecular weight excluding hydrogens is 438 g/mol. The molecule has 0 radical (unpaired) electrons. The molecule has 3 aromatic rings. The third-order valence-electron chi connectivity index (χ3n) is 5.41. The SMILES string of the molecule is Cc1ccc(/C(O)=C2/C(=O)C(=O)N(c3cccc(C(F)(F)F)c3)C2c2ccc(F)cc2)cc1. The van der Waals surface area contributed by atoms with Crippen molar-refractivity contribution in [2.24, 2.45) is 0 Å². The molecule has 0 aliphatic carbocycles. The number of anilines is 1. The van der Waals surface area contributed by atoms with Crippen LogP contribution in [0.15, 0.2) is 78.4 Å². The molecule has 4 rings (SSSR count). The Labute approximate surface area is 186 Å². The molecule has 8 heteroatoms. The third-order valence-corrected chi connectivity index (χ3v) is 5.41. The number of amides is 1. The minimum absolute atomic E-state index is 0.177. The van der Waals surface area contributed by atoms with Gasteiger partial charge in [0.25, 0.3) is 11.7 Å². The number of aryl methyl sites for hydroxylation is 1. The van der Waals surface area contributed by atoms with Crippen LogP contribution in [0.5, 0.6) is 0 Å². The maximum Gasteiger partial charge on any atom is 0.416 e. The van der Waals surface area contributed by atoms with Crippen molar-refractivity contribution < 1.29 is 32.3 Å². The normalized spacial score (nSPS) is 18.1. The van der Waals surface area contributed by atoms with Crippen LogP contribution in [0.4, 0.5) is 23.2 Å². The minimum Gasteiger partial charge on any atom is -0.507 e. The molecule has 3 aromatic carbocycles. The Hall–Kier alpha value is -3.94. The van der Waals surface area contributed by atoms with Gasteiger partial charge in [0.1, 0.15) is 11.6 Å². The lowest BCUT2D eigenvalue weighted by molar-refractivity contribution is -0.137. The highest BCUT2D eigenvalue weighted by molar-refractivity contribution is 6.51. The first-order valence-electron chi connectivity index (χ1n) is 9.88. The molecule has 1 aliphatic heterocycles. The zero-order chi connectivity index (χ0) is 23.9. The van der Waals surface area contributed by atoms with Gasteiger partial charge in [-0.25, -0.2) is 4.39 Å². The lowest BCUT2D eigenvalue weighted by Crippen LogP contribution is -2.29. The summed E-state index contributed by atoms with van der Waals surface area (Å²) in [6.45, 7) is 1.83. The number of nitrogens with zero attached hydrogens (tertiary/aromatic N) is 1. The highest BCUT2D eigenvalue weighted by Crippen LogP contribution is 2.43. The standard InChI is InChI=1S/C25H17F4NO3/c1-14-5-7-16(8-6-14)22(31)20-21(15-9-11-18(26)12-10-15)30(24(33)23(20)32)19-4-2-3-17(13-19)25(27,28)29/h2-13,21,31H,1H3/b22-20-. The second kappa shape index (κ2) is 8.20. The summed E-state index contributed by atoms with van der Waals surface area (Å²) >= 11 is 0. The van der Waals surface area contributed by atoms with Crippen molar-refractivity contribution in [2.45, 2.75) is 19.1 Å². The lowest BCUT2D eigenvalue weighted by atomic mass is 9.95. The first-order valence-corrected chi connectivity index (χ1v) is 9.88. The van der Waals surface area contributed by atoms with Crippen LogP contribution in [0.3, 0.4) is 0 Å². The predicted molar refractivity (Wildman–Crippen MR) is 114 cm³/mol. The molecule has 33 heavy (non-hydrogen) atoms. The summed E-state index contributed by atoms with van der Waals surface area (Å²) in [6, 6.07) is 14.1. The van der Waals surface area contributed by atoms with Gasteiger partial charge in [-0.05, 0) is 42.8 Å². The maximum absolute atomic E-state index is 13.6. The molecule has 0 spiro atoms. The van der Waals surface area contributed by atoms with E-state index in [1.54, 1.807) is 24.3 Å². The van der Waals surface area contributed by atoms with E-state index >= 15 is 0 Å². The van der Waals surface area contributed by atoms with Gasteiger partial charge in [-0.3, -0.25) is 14.5 Å². The number of hydrogen-bond donors (Lipinski definition) is 1. The van der Waals surface area contributed by atoms with E-state index < -0.39 is 41.0 Å². The quantitative estimate of drug-likeness (QED) is 0.236. The molecule has 4 nitrogen and oxygen atoms in total. The number of halogens is 4. The number of carbonyl (C=O) groups excluding carboxylic acids is 2. The van der Waals surface area contributed by atoms with Gasteiger partial charge in [-0.15, -0.1) is 0 Å².